The lowest BCUT2D eigenvalue weighted by atomic mass is 9.79. The smallest absolute Gasteiger partial charge is 0.273 e. The van der Waals surface area contributed by atoms with Crippen molar-refractivity contribution < 1.29 is 13.0 Å². The monoisotopic (exact) mass is 566 g/mol. The van der Waals surface area contributed by atoms with E-state index in [0.29, 0.717) is 0 Å². The Kier molecular flexibility index (Phi) is 15.7. The summed E-state index contributed by atoms with van der Waals surface area (Å²) < 4.78 is 33.6. The van der Waals surface area contributed by atoms with Gasteiger partial charge in [-0.3, -0.25) is 4.55 Å². The van der Waals surface area contributed by atoms with Gasteiger partial charge in [0.25, 0.3) is 10.1 Å². The van der Waals surface area contributed by atoms with E-state index in [1.54, 1.807) is 12.2 Å². The van der Waals surface area contributed by atoms with E-state index in [4.69, 9.17) is 0 Å². The number of allylic oxidation sites excluding steroid dienone is 3. The third kappa shape index (κ3) is 11.7. The maximum absolute atomic E-state index is 12.1. The van der Waals surface area contributed by atoms with Crippen molar-refractivity contribution in [2.75, 3.05) is 0 Å². The Bertz CT molecular complexity index is 614. The van der Waals surface area contributed by atoms with Gasteiger partial charge in [0.1, 0.15) is 5.25 Å². The lowest BCUT2D eigenvalue weighted by Crippen LogP contribution is -2.46. The van der Waals surface area contributed by atoms with Crippen LogP contribution in [0, 0.1) is 5.92 Å². The number of rotatable bonds is 19. The number of unbranched alkanes of at least 4 members (excludes halogenated alkanes) is 13. The Morgan fingerprint density at radius 3 is 1.61 bits per heavy atom. The largest absolute Gasteiger partial charge is 0.285 e. The van der Waals surface area contributed by atoms with Gasteiger partial charge in [0, 0.05) is 0 Å². The summed E-state index contributed by atoms with van der Waals surface area (Å²) in [7, 11) is -4.12. The Hall–Kier alpha value is 0.120. The van der Waals surface area contributed by atoms with E-state index in [0.717, 1.165) is 25.7 Å². The molecule has 0 radical (unpaired) electrons. The molecule has 31 heavy (non-hydrogen) atoms. The first-order valence-corrected chi connectivity index (χ1v) is 15.5. The van der Waals surface area contributed by atoms with Crippen LogP contribution < -0.4 is 0 Å². The quantitative estimate of drug-likeness (QED) is 0.0736. The van der Waals surface area contributed by atoms with Crippen LogP contribution in [0.1, 0.15) is 123 Å². The summed E-state index contributed by atoms with van der Waals surface area (Å²) in [4.78, 5) is 0. The van der Waals surface area contributed by atoms with Crippen molar-refractivity contribution in [2.45, 2.75) is 132 Å². The highest BCUT2D eigenvalue weighted by Crippen LogP contribution is 2.44. The maximum atomic E-state index is 12.1. The molecule has 0 fully saturated rings. The fourth-order valence-electron chi connectivity index (χ4n) is 4.77. The average Bonchev–Trinajstić information content (AvgIpc) is 2.72. The molecular weight excluding hydrogens is 519 g/mol. The molecule has 0 heterocycles. The Labute approximate surface area is 206 Å². The number of halogens is 1. The van der Waals surface area contributed by atoms with E-state index in [2.05, 4.69) is 36.4 Å². The number of alkyl halides is 1. The predicted octanol–water partition coefficient (Wildman–Crippen LogP) is 8.83. The topological polar surface area (TPSA) is 54.4 Å². The van der Waals surface area contributed by atoms with Gasteiger partial charge in [-0.15, -0.1) is 0 Å². The summed E-state index contributed by atoms with van der Waals surface area (Å²) in [5.41, 5.74) is 0. The van der Waals surface area contributed by atoms with Crippen LogP contribution in [0.2, 0.25) is 0 Å². The Morgan fingerprint density at radius 1 is 0.774 bits per heavy atom. The standard InChI is InChI=1S/C26H47IO3S/c1-3-5-7-9-10-11-12-13-15-17-21-24(20-16-14-8-6-4-2)26(27)23-19-18-22-25(26)31(28,29)30/h18-19,22-25H,3-17,20-21H2,1-2H3,(H,28,29,30). The van der Waals surface area contributed by atoms with Crippen LogP contribution in [0.4, 0.5) is 0 Å². The minimum absolute atomic E-state index is 0.275. The summed E-state index contributed by atoms with van der Waals surface area (Å²) in [6, 6.07) is 0. The van der Waals surface area contributed by atoms with Crippen LogP contribution in [-0.2, 0) is 10.1 Å². The molecule has 3 nitrogen and oxygen atoms in total. The highest BCUT2D eigenvalue weighted by atomic mass is 127. The van der Waals surface area contributed by atoms with Gasteiger partial charge >= 0.3 is 0 Å². The summed E-state index contributed by atoms with van der Waals surface area (Å²) in [5.74, 6) is 0.275. The van der Waals surface area contributed by atoms with E-state index < -0.39 is 18.8 Å². The van der Waals surface area contributed by atoms with E-state index in [1.807, 2.05) is 12.2 Å². The average molecular weight is 567 g/mol. The highest BCUT2D eigenvalue weighted by molar-refractivity contribution is 14.1. The van der Waals surface area contributed by atoms with Crippen LogP contribution in [0.15, 0.2) is 24.3 Å². The third-order valence-corrected chi connectivity index (χ3v) is 10.2. The molecule has 1 N–H and O–H groups in total. The molecule has 3 atom stereocenters. The van der Waals surface area contributed by atoms with Gasteiger partial charge < -0.3 is 0 Å². The molecule has 182 valence electrons. The molecule has 3 unspecified atom stereocenters. The fraction of sp³-hybridized carbons (Fsp3) is 0.846. The van der Waals surface area contributed by atoms with Crippen molar-refractivity contribution in [3.05, 3.63) is 24.3 Å². The molecule has 0 aromatic heterocycles. The minimum atomic E-state index is -4.12. The van der Waals surface area contributed by atoms with Crippen LogP contribution in [-0.4, -0.2) is 21.6 Å². The summed E-state index contributed by atoms with van der Waals surface area (Å²) in [5, 5.41) is -0.839. The molecule has 0 aromatic carbocycles. The van der Waals surface area contributed by atoms with E-state index in [-0.39, 0.29) is 5.92 Å². The van der Waals surface area contributed by atoms with Gasteiger partial charge in [-0.25, -0.2) is 0 Å². The lowest BCUT2D eigenvalue weighted by molar-refractivity contribution is 0.350. The second kappa shape index (κ2) is 16.7. The molecular formula is C26H47IO3S. The van der Waals surface area contributed by atoms with Crippen molar-refractivity contribution in [3.8, 4) is 0 Å². The molecule has 0 aliphatic heterocycles. The first-order valence-electron chi connectivity index (χ1n) is 12.9. The predicted molar refractivity (Wildman–Crippen MR) is 144 cm³/mol. The lowest BCUT2D eigenvalue weighted by Gasteiger charge is -2.39. The van der Waals surface area contributed by atoms with Gasteiger partial charge in [-0.05, 0) is 18.8 Å². The zero-order chi connectivity index (χ0) is 23.0. The molecule has 1 aliphatic carbocycles. The van der Waals surface area contributed by atoms with E-state index in [9.17, 15) is 13.0 Å². The Balaban J connectivity index is 2.54. The SMILES string of the molecule is CCCCCCCCCCCCC(CCCCCCC)C1(I)C=CC=CC1S(=O)(=O)O. The zero-order valence-corrected chi connectivity index (χ0v) is 23.0. The number of hydrogen-bond acceptors (Lipinski definition) is 2. The summed E-state index contributed by atoms with van der Waals surface area (Å²) in [6.45, 7) is 4.49. The maximum Gasteiger partial charge on any atom is 0.273 e. The molecule has 0 amide bonds. The van der Waals surface area contributed by atoms with Gasteiger partial charge in [-0.1, -0.05) is 157 Å². The van der Waals surface area contributed by atoms with Crippen LogP contribution in [0.5, 0.6) is 0 Å². The van der Waals surface area contributed by atoms with Gasteiger partial charge in [0.2, 0.25) is 0 Å². The van der Waals surface area contributed by atoms with Gasteiger partial charge in [-0.2, -0.15) is 8.42 Å². The molecule has 1 aliphatic rings. The van der Waals surface area contributed by atoms with Gasteiger partial charge in [0.15, 0.2) is 0 Å². The van der Waals surface area contributed by atoms with E-state index >= 15 is 0 Å². The van der Waals surface area contributed by atoms with Crippen LogP contribution >= 0.6 is 22.6 Å². The Morgan fingerprint density at radius 2 is 1.19 bits per heavy atom. The zero-order valence-electron chi connectivity index (χ0n) is 20.0. The third-order valence-electron chi connectivity index (χ3n) is 6.69. The van der Waals surface area contributed by atoms with Crippen LogP contribution in [0.25, 0.3) is 0 Å². The highest BCUT2D eigenvalue weighted by Gasteiger charge is 2.46. The molecule has 5 heteroatoms. The van der Waals surface area contributed by atoms with Crippen molar-refractivity contribution >= 4 is 32.7 Å². The molecule has 0 saturated heterocycles. The first kappa shape index (κ1) is 29.2. The van der Waals surface area contributed by atoms with Crippen molar-refractivity contribution in [1.82, 2.24) is 0 Å². The van der Waals surface area contributed by atoms with E-state index in [1.165, 1.54) is 83.5 Å². The van der Waals surface area contributed by atoms with Crippen molar-refractivity contribution in [3.63, 3.8) is 0 Å². The van der Waals surface area contributed by atoms with Crippen molar-refractivity contribution in [1.29, 1.82) is 0 Å². The molecule has 0 bridgehead atoms. The molecule has 1 rings (SSSR count). The first-order chi connectivity index (χ1) is 14.9. The molecule has 0 aromatic rings. The second-order valence-electron chi connectivity index (χ2n) is 9.38. The summed E-state index contributed by atoms with van der Waals surface area (Å²) >= 11 is 2.32. The number of hydrogen-bond donors (Lipinski definition) is 1. The molecule has 0 spiro atoms. The van der Waals surface area contributed by atoms with Gasteiger partial charge in [0.05, 0.1) is 3.42 Å². The van der Waals surface area contributed by atoms with Crippen LogP contribution in [0.3, 0.4) is 0 Å². The fourth-order valence-corrected chi connectivity index (χ4v) is 7.78. The normalized spacial score (nSPS) is 22.1. The second-order valence-corrected chi connectivity index (χ2v) is 12.8. The summed E-state index contributed by atoms with van der Waals surface area (Å²) in [6.07, 6.45) is 28.7. The van der Waals surface area contributed by atoms with Crippen molar-refractivity contribution in [2.24, 2.45) is 5.92 Å². The minimum Gasteiger partial charge on any atom is -0.285 e. The molecule has 0 saturated carbocycles.